The van der Waals surface area contributed by atoms with Crippen LogP contribution in [0.1, 0.15) is 39.0 Å². The summed E-state index contributed by atoms with van der Waals surface area (Å²) in [5.41, 5.74) is 0.957. The summed E-state index contributed by atoms with van der Waals surface area (Å²) >= 11 is 1.38. The second kappa shape index (κ2) is 3.54. The van der Waals surface area contributed by atoms with Crippen LogP contribution < -0.4 is 0 Å². The first-order valence-electron chi connectivity index (χ1n) is 4.07. The van der Waals surface area contributed by atoms with Gasteiger partial charge in [0.05, 0.1) is 11.8 Å². The van der Waals surface area contributed by atoms with Crippen LogP contribution in [-0.2, 0) is 0 Å². The van der Waals surface area contributed by atoms with Crippen molar-refractivity contribution in [3.05, 3.63) is 17.1 Å². The number of aliphatic hydroxyl groups is 1. The first kappa shape index (κ1) is 9.68. The van der Waals surface area contributed by atoms with Crippen LogP contribution in [0.3, 0.4) is 0 Å². The lowest BCUT2D eigenvalue weighted by atomic mass is 9.88. The van der Waals surface area contributed by atoms with E-state index in [9.17, 15) is 5.11 Å². The summed E-state index contributed by atoms with van der Waals surface area (Å²) in [6.07, 6.45) is 0.354. The van der Waals surface area contributed by atoms with Crippen molar-refractivity contribution in [3.63, 3.8) is 0 Å². The van der Waals surface area contributed by atoms with Gasteiger partial charge in [-0.3, -0.25) is 0 Å². The average Bonchev–Trinajstić information content (AvgIpc) is 2.32. The summed E-state index contributed by atoms with van der Waals surface area (Å²) in [5, 5.41) is 11.6. The molecule has 0 saturated heterocycles. The molecule has 1 rings (SSSR count). The largest absolute Gasteiger partial charge is 0.387 e. The van der Waals surface area contributed by atoms with Gasteiger partial charge >= 0.3 is 0 Å². The number of nitrogens with zero attached hydrogens (tertiary/aromatic N) is 1. The Morgan fingerprint density at radius 2 is 2.25 bits per heavy atom. The molecule has 0 aromatic carbocycles. The summed E-state index contributed by atoms with van der Waals surface area (Å²) in [7, 11) is 0. The van der Waals surface area contributed by atoms with Gasteiger partial charge in [-0.15, -0.1) is 0 Å². The maximum Gasteiger partial charge on any atom is 0.0975 e. The van der Waals surface area contributed by atoms with Gasteiger partial charge in [0.25, 0.3) is 0 Å². The Balaban J connectivity index is 2.56. The predicted octanol–water partition coefficient (Wildman–Crippen LogP) is 2.61. The van der Waals surface area contributed by atoms with Gasteiger partial charge in [0, 0.05) is 5.38 Å². The maximum atomic E-state index is 9.69. The van der Waals surface area contributed by atoms with Crippen LogP contribution in [0.2, 0.25) is 0 Å². The van der Waals surface area contributed by atoms with Crippen molar-refractivity contribution in [3.8, 4) is 0 Å². The van der Waals surface area contributed by atoms with Crippen LogP contribution >= 0.6 is 11.5 Å². The molecule has 1 unspecified atom stereocenters. The molecule has 0 spiro atoms. The van der Waals surface area contributed by atoms with Gasteiger partial charge in [-0.1, -0.05) is 20.8 Å². The molecule has 0 aliphatic rings. The maximum absolute atomic E-state index is 9.69. The molecule has 0 aliphatic heterocycles. The Kier molecular flexibility index (Phi) is 2.85. The zero-order valence-electron chi connectivity index (χ0n) is 7.74. The van der Waals surface area contributed by atoms with Crippen LogP contribution in [0.4, 0.5) is 0 Å². The van der Waals surface area contributed by atoms with Crippen LogP contribution in [0.15, 0.2) is 11.4 Å². The van der Waals surface area contributed by atoms with E-state index in [1.807, 2.05) is 11.4 Å². The molecule has 0 aliphatic carbocycles. The molecule has 0 amide bonds. The highest BCUT2D eigenvalue weighted by Gasteiger charge is 2.18. The first-order valence-corrected chi connectivity index (χ1v) is 4.91. The van der Waals surface area contributed by atoms with Gasteiger partial charge < -0.3 is 5.11 Å². The number of rotatable bonds is 2. The van der Waals surface area contributed by atoms with Crippen LogP contribution in [0.25, 0.3) is 0 Å². The van der Waals surface area contributed by atoms with Crippen molar-refractivity contribution >= 4 is 11.5 Å². The lowest BCUT2D eigenvalue weighted by Gasteiger charge is -2.20. The molecule has 0 bridgehead atoms. The third-order valence-corrected chi connectivity index (χ3v) is 2.18. The summed E-state index contributed by atoms with van der Waals surface area (Å²) in [5.74, 6) is 0. The van der Waals surface area contributed by atoms with Crippen LogP contribution in [0.5, 0.6) is 0 Å². The Morgan fingerprint density at radius 1 is 1.58 bits per heavy atom. The minimum absolute atomic E-state index is 0.156. The molecule has 2 nitrogen and oxygen atoms in total. The van der Waals surface area contributed by atoms with E-state index in [1.165, 1.54) is 11.5 Å². The molecular weight excluding hydrogens is 170 g/mol. The van der Waals surface area contributed by atoms with E-state index in [2.05, 4.69) is 25.1 Å². The molecule has 0 radical (unpaired) electrons. The van der Waals surface area contributed by atoms with E-state index in [-0.39, 0.29) is 5.41 Å². The molecule has 3 heteroatoms. The molecule has 1 atom stereocenters. The van der Waals surface area contributed by atoms with E-state index in [0.717, 1.165) is 12.1 Å². The summed E-state index contributed by atoms with van der Waals surface area (Å²) in [6.45, 7) is 6.34. The molecule has 1 aromatic heterocycles. The Morgan fingerprint density at radius 3 is 2.67 bits per heavy atom. The molecular formula is C9H15NOS. The monoisotopic (exact) mass is 185 g/mol. The zero-order chi connectivity index (χ0) is 9.19. The van der Waals surface area contributed by atoms with Crippen molar-refractivity contribution in [2.24, 2.45) is 5.41 Å². The van der Waals surface area contributed by atoms with Crippen molar-refractivity contribution in [2.75, 3.05) is 0 Å². The second-order valence-corrected chi connectivity index (χ2v) is 4.87. The van der Waals surface area contributed by atoms with E-state index < -0.39 is 6.10 Å². The van der Waals surface area contributed by atoms with E-state index in [1.54, 1.807) is 0 Å². The topological polar surface area (TPSA) is 33.1 Å². The van der Waals surface area contributed by atoms with Gasteiger partial charge in [-0.2, -0.15) is 4.37 Å². The quantitative estimate of drug-likeness (QED) is 0.768. The third kappa shape index (κ3) is 2.91. The van der Waals surface area contributed by atoms with Crippen molar-refractivity contribution < 1.29 is 5.11 Å². The van der Waals surface area contributed by atoms with Gasteiger partial charge in [0.2, 0.25) is 0 Å². The fourth-order valence-corrected chi connectivity index (χ4v) is 1.64. The summed E-state index contributed by atoms with van der Waals surface area (Å²) in [6, 6.07) is 1.88. The van der Waals surface area contributed by atoms with Gasteiger partial charge in [0.1, 0.15) is 0 Å². The smallest absolute Gasteiger partial charge is 0.0975 e. The summed E-state index contributed by atoms with van der Waals surface area (Å²) < 4.78 is 4.09. The molecule has 0 saturated carbocycles. The molecule has 1 heterocycles. The normalized spacial score (nSPS) is 14.7. The van der Waals surface area contributed by atoms with Crippen molar-refractivity contribution in [2.45, 2.75) is 33.3 Å². The Labute approximate surface area is 77.4 Å². The highest BCUT2D eigenvalue weighted by molar-refractivity contribution is 7.03. The number of aliphatic hydroxyl groups excluding tert-OH is 1. The molecule has 68 valence electrons. The predicted molar refractivity (Wildman–Crippen MR) is 51.1 cm³/mol. The Bertz CT molecular complexity index is 225. The summed E-state index contributed by atoms with van der Waals surface area (Å²) in [4.78, 5) is 0. The minimum Gasteiger partial charge on any atom is -0.387 e. The van der Waals surface area contributed by atoms with Crippen LogP contribution in [-0.4, -0.2) is 9.48 Å². The zero-order valence-corrected chi connectivity index (χ0v) is 8.56. The molecule has 1 N–H and O–H groups in total. The van der Waals surface area contributed by atoms with Gasteiger partial charge in [-0.05, 0) is 29.4 Å². The fraction of sp³-hybridized carbons (Fsp3) is 0.667. The third-order valence-electron chi connectivity index (χ3n) is 1.60. The van der Waals surface area contributed by atoms with Crippen molar-refractivity contribution in [1.82, 2.24) is 4.37 Å². The fourth-order valence-electron chi connectivity index (χ4n) is 1.08. The van der Waals surface area contributed by atoms with Gasteiger partial charge in [0.15, 0.2) is 0 Å². The number of hydrogen-bond acceptors (Lipinski definition) is 3. The average molecular weight is 185 g/mol. The lowest BCUT2D eigenvalue weighted by molar-refractivity contribution is 0.119. The highest BCUT2D eigenvalue weighted by atomic mass is 32.1. The SMILES string of the molecule is CC(C)(C)CC(O)c1ccsn1. The van der Waals surface area contributed by atoms with Gasteiger partial charge in [-0.25, -0.2) is 0 Å². The molecule has 12 heavy (non-hydrogen) atoms. The molecule has 1 aromatic rings. The van der Waals surface area contributed by atoms with Crippen LogP contribution in [0, 0.1) is 5.41 Å². The van der Waals surface area contributed by atoms with E-state index in [0.29, 0.717) is 0 Å². The number of hydrogen-bond donors (Lipinski definition) is 1. The van der Waals surface area contributed by atoms with E-state index >= 15 is 0 Å². The van der Waals surface area contributed by atoms with Crippen molar-refractivity contribution in [1.29, 1.82) is 0 Å². The number of aromatic nitrogens is 1. The lowest BCUT2D eigenvalue weighted by Crippen LogP contribution is -2.11. The second-order valence-electron chi connectivity index (χ2n) is 4.20. The minimum atomic E-state index is -0.406. The Hall–Kier alpha value is -0.410. The van der Waals surface area contributed by atoms with E-state index in [4.69, 9.17) is 0 Å². The standard InChI is InChI=1S/C9H15NOS/c1-9(2,3)6-8(11)7-4-5-12-10-7/h4-5,8,11H,6H2,1-3H3. The highest BCUT2D eigenvalue weighted by Crippen LogP contribution is 2.28. The first-order chi connectivity index (χ1) is 5.49. The molecule has 0 fully saturated rings.